The highest BCUT2D eigenvalue weighted by molar-refractivity contribution is 7.98. The maximum Gasteiger partial charge on any atom is 0.257 e. The number of fused-ring (bicyclic) bond motifs is 1. The van der Waals surface area contributed by atoms with E-state index in [1.807, 2.05) is 24.3 Å². The van der Waals surface area contributed by atoms with Crippen molar-refractivity contribution in [2.45, 2.75) is 24.1 Å². The third-order valence-electron chi connectivity index (χ3n) is 5.00. The van der Waals surface area contributed by atoms with Gasteiger partial charge in [0.15, 0.2) is 16.7 Å². The van der Waals surface area contributed by atoms with Gasteiger partial charge < -0.3 is 19.8 Å². The average molecular weight is 458 g/mol. The van der Waals surface area contributed by atoms with Crippen molar-refractivity contribution in [3.63, 3.8) is 0 Å². The van der Waals surface area contributed by atoms with Gasteiger partial charge in [0, 0.05) is 17.4 Å². The summed E-state index contributed by atoms with van der Waals surface area (Å²) in [7, 11) is 1.55. The minimum absolute atomic E-state index is 0.141. The number of H-pyrrole nitrogens is 1. The van der Waals surface area contributed by atoms with Crippen LogP contribution >= 0.6 is 23.4 Å². The fourth-order valence-corrected chi connectivity index (χ4v) is 4.13. The molecule has 1 aliphatic heterocycles. The van der Waals surface area contributed by atoms with Crippen LogP contribution in [0.1, 0.15) is 29.0 Å². The molecule has 0 saturated carbocycles. The number of hydrogen-bond acceptors (Lipinski definition) is 6. The fourth-order valence-electron chi connectivity index (χ4n) is 3.54. The van der Waals surface area contributed by atoms with E-state index in [2.05, 4.69) is 15.3 Å². The lowest BCUT2D eigenvalue weighted by molar-refractivity contribution is -0.116. The first-order chi connectivity index (χ1) is 15.0. The number of carbonyl (C=O) groups is 1. The molecule has 3 aromatic rings. The molecule has 0 radical (unpaired) electrons. The van der Waals surface area contributed by atoms with Crippen LogP contribution in [-0.2, 0) is 11.4 Å². The van der Waals surface area contributed by atoms with E-state index < -0.39 is 5.92 Å². The number of aromatic nitrogens is 2. The van der Waals surface area contributed by atoms with Gasteiger partial charge in [-0.1, -0.05) is 41.6 Å². The summed E-state index contributed by atoms with van der Waals surface area (Å²) in [6, 6.07) is 12.8. The Morgan fingerprint density at radius 3 is 2.77 bits per heavy atom. The molecule has 1 aliphatic rings. The van der Waals surface area contributed by atoms with E-state index in [0.717, 1.165) is 11.1 Å². The molecule has 0 spiro atoms. The Morgan fingerprint density at radius 1 is 1.19 bits per heavy atom. The van der Waals surface area contributed by atoms with Gasteiger partial charge in [-0.05, 0) is 41.6 Å². The van der Waals surface area contributed by atoms with Crippen LogP contribution < -0.4 is 20.3 Å². The monoisotopic (exact) mass is 457 g/mol. The second-order valence-electron chi connectivity index (χ2n) is 6.97. The zero-order valence-electron chi connectivity index (χ0n) is 16.9. The molecule has 0 unspecified atom stereocenters. The van der Waals surface area contributed by atoms with Crippen molar-refractivity contribution in [1.82, 2.24) is 9.97 Å². The number of hydrogen-bond donors (Lipinski definition) is 2. The van der Waals surface area contributed by atoms with E-state index in [1.54, 1.807) is 31.6 Å². The lowest BCUT2D eigenvalue weighted by atomic mass is 9.86. The van der Waals surface area contributed by atoms with E-state index in [0.29, 0.717) is 39.7 Å². The summed E-state index contributed by atoms with van der Waals surface area (Å²) in [5.74, 6) is 0.734. The Morgan fingerprint density at radius 2 is 2.03 bits per heavy atom. The number of thioether (sulfide) groups is 1. The van der Waals surface area contributed by atoms with Crippen LogP contribution in [0.25, 0.3) is 0 Å². The van der Waals surface area contributed by atoms with Gasteiger partial charge in [0.2, 0.25) is 5.91 Å². The summed E-state index contributed by atoms with van der Waals surface area (Å²) in [5, 5.41) is 3.80. The number of aromatic amines is 1. The number of benzene rings is 2. The van der Waals surface area contributed by atoms with Crippen LogP contribution in [-0.4, -0.2) is 29.2 Å². The Bertz CT molecular complexity index is 1200. The van der Waals surface area contributed by atoms with E-state index in [-0.39, 0.29) is 17.9 Å². The predicted octanol–water partition coefficient (Wildman–Crippen LogP) is 4.21. The number of methoxy groups -OCH3 is 1. The second kappa shape index (κ2) is 9.03. The maximum absolute atomic E-state index is 12.7. The molecule has 2 aromatic carbocycles. The molecule has 4 rings (SSSR count). The molecular weight excluding hydrogens is 438 g/mol. The number of rotatable bonds is 6. The van der Waals surface area contributed by atoms with Crippen molar-refractivity contribution in [3.05, 3.63) is 74.5 Å². The molecule has 0 saturated heterocycles. The third kappa shape index (κ3) is 4.55. The van der Waals surface area contributed by atoms with Crippen LogP contribution in [0.15, 0.2) is 52.4 Å². The molecule has 1 atom stereocenters. The summed E-state index contributed by atoms with van der Waals surface area (Å²) in [5.41, 5.74) is 1.87. The SMILES string of the molecule is COc1cc([C@H]2CC(=O)Nc3nc(SC)[nH]c(=O)c32)ccc1OCc1cccc(Cl)c1. The highest BCUT2D eigenvalue weighted by atomic mass is 35.5. The van der Waals surface area contributed by atoms with Crippen LogP contribution in [0.2, 0.25) is 5.02 Å². The predicted molar refractivity (Wildman–Crippen MR) is 121 cm³/mol. The molecule has 7 nitrogen and oxygen atoms in total. The molecule has 9 heteroatoms. The summed E-state index contributed by atoms with van der Waals surface area (Å²) in [6.45, 7) is 0.325. The molecule has 2 heterocycles. The van der Waals surface area contributed by atoms with E-state index >= 15 is 0 Å². The number of anilines is 1. The summed E-state index contributed by atoms with van der Waals surface area (Å²) < 4.78 is 11.4. The van der Waals surface area contributed by atoms with Crippen molar-refractivity contribution in [3.8, 4) is 11.5 Å². The van der Waals surface area contributed by atoms with Crippen molar-refractivity contribution in [1.29, 1.82) is 0 Å². The first-order valence-electron chi connectivity index (χ1n) is 9.51. The standard InChI is InChI=1S/C22H20ClN3O4S/c1-29-17-9-13(6-7-16(17)30-11-12-4-3-5-14(23)8-12)15-10-18(27)24-20-19(15)21(28)26-22(25-20)31-2/h3-9,15H,10-11H2,1-2H3,(H2,24,25,26,27,28)/t15-/m1/s1. The first kappa shape index (κ1) is 21.3. The van der Waals surface area contributed by atoms with Crippen LogP contribution in [0.5, 0.6) is 11.5 Å². The molecule has 1 amide bonds. The minimum atomic E-state index is -0.438. The normalized spacial score (nSPS) is 15.2. The molecular formula is C22H20ClN3O4S. The summed E-state index contributed by atoms with van der Waals surface area (Å²) in [4.78, 5) is 32.1. The van der Waals surface area contributed by atoms with Crippen LogP contribution in [0.3, 0.4) is 0 Å². The quantitative estimate of drug-likeness (QED) is 0.425. The number of halogens is 1. The Balaban J connectivity index is 1.65. The minimum Gasteiger partial charge on any atom is -0.493 e. The molecule has 160 valence electrons. The topological polar surface area (TPSA) is 93.3 Å². The number of amides is 1. The highest BCUT2D eigenvalue weighted by Crippen LogP contribution is 2.38. The largest absolute Gasteiger partial charge is 0.493 e. The van der Waals surface area contributed by atoms with Crippen molar-refractivity contribution in [2.24, 2.45) is 0 Å². The molecule has 2 N–H and O–H groups in total. The first-order valence-corrected chi connectivity index (χ1v) is 11.1. The van der Waals surface area contributed by atoms with Gasteiger partial charge in [-0.2, -0.15) is 0 Å². The van der Waals surface area contributed by atoms with Gasteiger partial charge in [0.05, 0.1) is 12.7 Å². The average Bonchev–Trinajstić information content (AvgIpc) is 2.76. The smallest absolute Gasteiger partial charge is 0.257 e. The van der Waals surface area contributed by atoms with Gasteiger partial charge in [-0.25, -0.2) is 4.98 Å². The van der Waals surface area contributed by atoms with Gasteiger partial charge >= 0.3 is 0 Å². The third-order valence-corrected chi connectivity index (χ3v) is 5.81. The zero-order chi connectivity index (χ0) is 22.0. The van der Waals surface area contributed by atoms with E-state index in [4.69, 9.17) is 21.1 Å². The molecule has 1 aromatic heterocycles. The van der Waals surface area contributed by atoms with E-state index in [9.17, 15) is 9.59 Å². The Hall–Kier alpha value is -2.97. The molecule has 0 aliphatic carbocycles. The van der Waals surface area contributed by atoms with Crippen molar-refractivity contribution in [2.75, 3.05) is 18.7 Å². The Kier molecular flexibility index (Phi) is 6.20. The van der Waals surface area contributed by atoms with Crippen molar-refractivity contribution < 1.29 is 14.3 Å². The maximum atomic E-state index is 12.7. The lowest BCUT2D eigenvalue weighted by Gasteiger charge is -2.25. The van der Waals surface area contributed by atoms with Crippen LogP contribution in [0, 0.1) is 0 Å². The molecule has 31 heavy (non-hydrogen) atoms. The lowest BCUT2D eigenvalue weighted by Crippen LogP contribution is -2.31. The number of ether oxygens (including phenoxy) is 2. The fraction of sp³-hybridized carbons (Fsp3) is 0.227. The number of nitrogens with zero attached hydrogens (tertiary/aromatic N) is 1. The zero-order valence-corrected chi connectivity index (χ0v) is 18.5. The van der Waals surface area contributed by atoms with Crippen LogP contribution in [0.4, 0.5) is 5.82 Å². The van der Waals surface area contributed by atoms with Crippen molar-refractivity contribution >= 4 is 35.1 Å². The molecule has 0 bridgehead atoms. The van der Waals surface area contributed by atoms with Gasteiger partial charge in [0.25, 0.3) is 5.56 Å². The number of carbonyl (C=O) groups excluding carboxylic acids is 1. The summed E-state index contributed by atoms with van der Waals surface area (Å²) in [6.07, 6.45) is 1.95. The van der Waals surface area contributed by atoms with E-state index in [1.165, 1.54) is 11.8 Å². The summed E-state index contributed by atoms with van der Waals surface area (Å²) >= 11 is 7.33. The molecule has 0 fully saturated rings. The number of nitrogens with one attached hydrogen (secondary N) is 2. The van der Waals surface area contributed by atoms with Gasteiger partial charge in [-0.3, -0.25) is 9.59 Å². The van der Waals surface area contributed by atoms with Gasteiger partial charge in [-0.15, -0.1) is 0 Å². The second-order valence-corrected chi connectivity index (χ2v) is 8.20. The van der Waals surface area contributed by atoms with Gasteiger partial charge in [0.1, 0.15) is 12.4 Å². The Labute approximate surface area is 188 Å². The highest BCUT2D eigenvalue weighted by Gasteiger charge is 2.31.